The van der Waals surface area contributed by atoms with Crippen LogP contribution in [0.2, 0.25) is 69.1 Å². The molecule has 4 aromatic heterocycles. The molecule has 8 aromatic rings. The Morgan fingerprint density at radius 1 is 0.341 bits per heavy atom. The normalized spacial score (nSPS) is 12.1. The number of benzene rings is 4. The first-order chi connectivity index (χ1) is 40.3. The summed E-state index contributed by atoms with van der Waals surface area (Å²) in [6, 6.07) is 37.0. The summed E-state index contributed by atoms with van der Waals surface area (Å²) in [5.74, 6) is 30.8. The first-order valence-electron chi connectivity index (χ1n) is 32.7. The molecule has 472 valence electrons. The molecule has 0 radical (unpaired) electrons. The molecule has 4 aromatic carbocycles. The van der Waals surface area contributed by atoms with Crippen LogP contribution in [0.3, 0.4) is 0 Å². The van der Waals surface area contributed by atoms with Crippen LogP contribution in [0.1, 0.15) is 121 Å². The first-order valence-corrected chi connectivity index (χ1v) is 62.1. The third-order valence-electron chi connectivity index (χ3n) is 17.6. The van der Waals surface area contributed by atoms with E-state index in [9.17, 15) is 0 Å². The van der Waals surface area contributed by atoms with E-state index < -0.39 is 53.1 Å². The van der Waals surface area contributed by atoms with Crippen molar-refractivity contribution in [2.45, 2.75) is 198 Å². The van der Waals surface area contributed by atoms with E-state index in [1.54, 1.807) is 17.6 Å². The van der Waals surface area contributed by atoms with Gasteiger partial charge in [-0.25, -0.2) is 0 Å². The fraction of sp³-hybridized carbons (Fsp3) is 0.450. The van der Waals surface area contributed by atoms with Gasteiger partial charge in [-0.15, -0.1) is 0 Å². The number of rotatable bonds is 11. The van der Waals surface area contributed by atoms with Gasteiger partial charge in [0.2, 0.25) is 0 Å². The Hall–Kier alpha value is -4.35. The van der Waals surface area contributed by atoms with Gasteiger partial charge in [-0.2, -0.15) is 0 Å². The van der Waals surface area contributed by atoms with Crippen molar-refractivity contribution < 1.29 is 18.3 Å². The molecule has 0 saturated carbocycles. The molecule has 4 heterocycles. The van der Waals surface area contributed by atoms with Gasteiger partial charge in [0.05, 0.1) is 0 Å². The monoisotopic (exact) mass is 1430 g/mol. The van der Waals surface area contributed by atoms with Gasteiger partial charge in [-0.3, -0.25) is 0 Å². The molecule has 0 fully saturated rings. The number of hydrogen-bond donors (Lipinski definition) is 0. The average molecular weight is 1430 g/mol. The molecular weight excluding hydrogens is 1310 g/mol. The molecule has 4 nitrogen and oxygen atoms in total. The van der Waals surface area contributed by atoms with Crippen LogP contribution in [0.15, 0.2) is 122 Å². The second kappa shape index (κ2) is 29.5. The molecule has 0 saturated heterocycles. The van der Waals surface area contributed by atoms with Crippen molar-refractivity contribution in [2.24, 2.45) is 34.1 Å². The van der Waals surface area contributed by atoms with Gasteiger partial charge in [-0.05, 0) is 0 Å². The Bertz CT molecular complexity index is 3770. The third-order valence-corrected chi connectivity index (χ3v) is 35.6. The number of aryl methyl sites for hydroxylation is 13. The maximum absolute atomic E-state index is 2.47. The van der Waals surface area contributed by atoms with E-state index in [1.807, 2.05) is 0 Å². The zero-order chi connectivity index (χ0) is 66.7. The molecule has 0 spiro atoms. The Morgan fingerprint density at radius 2 is 0.636 bits per heavy atom. The molecule has 0 aliphatic carbocycles. The summed E-state index contributed by atoms with van der Waals surface area (Å²) in [7, 11) is 8.75. The van der Waals surface area contributed by atoms with Gasteiger partial charge in [0, 0.05) is 0 Å². The zero-order valence-corrected chi connectivity index (χ0v) is 70.1. The molecule has 8 heteroatoms. The summed E-state index contributed by atoms with van der Waals surface area (Å²) >= 11 is -7.24. The Kier molecular flexibility index (Phi) is 24.9. The molecule has 0 aliphatic heterocycles. The van der Waals surface area contributed by atoms with Crippen molar-refractivity contribution in [2.75, 3.05) is 0 Å². The third kappa shape index (κ3) is 19.4. The van der Waals surface area contributed by atoms with E-state index in [2.05, 4.69) is 348 Å². The summed E-state index contributed by atoms with van der Waals surface area (Å²) in [4.78, 5) is 0. The minimum absolute atomic E-state index is 0.177. The van der Waals surface area contributed by atoms with Gasteiger partial charge in [0.25, 0.3) is 0 Å². The van der Waals surface area contributed by atoms with E-state index in [1.165, 1.54) is 112 Å². The maximum atomic E-state index is 2.47. The van der Waals surface area contributed by atoms with Gasteiger partial charge < -0.3 is 0 Å². The van der Waals surface area contributed by atoms with Crippen LogP contribution >= 0.6 is 0 Å². The Balaban J connectivity index is 0.000000214. The minimum atomic E-state index is -1.83. The van der Waals surface area contributed by atoms with Crippen LogP contribution in [0.4, 0.5) is 0 Å². The van der Waals surface area contributed by atoms with Gasteiger partial charge >= 0.3 is 554 Å². The SMILES string of the molecule is Cc1ccc(C(C)(C)C)cc1-c1cc(C)[c]([Ge]([CH3])([CH3])[CH3])c[n+]1C.Cc1ccc(C(C)C)cc1-c1cc(C)[c]([Ge]([CH3])([CH3])[CH3])c[n+]1C.Cc1ccc(C)c(-c2cc(C)[c]([Ge]([CH3])([CH3])[CH3])c[n+]2C)c1.Cc1ccc(CC(C)C)cc1-c1cc(C)[c]([Ge]([CH3])([CH3])[CH3])c[n+]1C. The molecule has 0 amide bonds. The molecule has 8 rings (SSSR count). The van der Waals surface area contributed by atoms with Crippen molar-refractivity contribution in [3.8, 4) is 45.0 Å². The van der Waals surface area contributed by atoms with Crippen molar-refractivity contribution in [1.29, 1.82) is 0 Å². The topological polar surface area (TPSA) is 15.5 Å². The quantitative estimate of drug-likeness (QED) is 0.0906. The second-order valence-corrected chi connectivity index (χ2v) is 74.3. The van der Waals surface area contributed by atoms with Crippen LogP contribution in [0.5, 0.6) is 0 Å². The summed E-state index contributed by atoms with van der Waals surface area (Å²) < 4.78 is 15.7. The summed E-state index contributed by atoms with van der Waals surface area (Å²) in [6.07, 6.45) is 10.7. The first kappa shape index (κ1) is 74.4. The second-order valence-electron chi connectivity index (χ2n) is 32.0. The molecule has 0 bridgehead atoms. The fourth-order valence-electron chi connectivity index (χ4n) is 12.4. The van der Waals surface area contributed by atoms with E-state index in [-0.39, 0.29) is 5.41 Å². The van der Waals surface area contributed by atoms with Gasteiger partial charge in [-0.1, -0.05) is 0 Å². The fourth-order valence-corrected chi connectivity index (χ4v) is 27.8. The van der Waals surface area contributed by atoms with Crippen molar-refractivity contribution >= 4 is 70.6 Å². The van der Waals surface area contributed by atoms with Crippen LogP contribution < -0.4 is 35.9 Å². The molecule has 88 heavy (non-hydrogen) atoms. The molecule has 0 N–H and O–H groups in total. The van der Waals surface area contributed by atoms with E-state index in [0.717, 1.165) is 6.42 Å². The van der Waals surface area contributed by atoms with Crippen LogP contribution in [-0.4, -0.2) is 53.1 Å². The van der Waals surface area contributed by atoms with Crippen molar-refractivity contribution in [3.63, 3.8) is 0 Å². The van der Waals surface area contributed by atoms with E-state index in [4.69, 9.17) is 0 Å². The molecule has 0 aliphatic rings. The summed E-state index contributed by atoms with van der Waals surface area (Å²) in [5.41, 5.74) is 27.7. The standard InChI is InChI=1S/2C21H32GeN.C20H30GeN.C18H26GeN/c1-15-10-11-17(21(3,4)5)13-18(15)20-12-16(2)19(14-23(20)9)22(6,7)8;1-15(2)11-18-10-9-16(3)19(13-18)21-12-17(4)20(14-23(21)8)22(5,6)7;1-14(2)17-10-9-15(3)18(12-17)20-11-16(4)19(13-22(20)8)21(5,6)7;1-13-8-9-14(2)16(10-13)18-11-15(3)17(12-20(18)7)19(4,5)6/h10-14H,1-9H3;9-10,12-15H,11H2,1-8H3;9-14H,1-8H3;8-12H,1-7H3/q4*+1. The van der Waals surface area contributed by atoms with E-state index >= 15 is 0 Å². The summed E-state index contributed by atoms with van der Waals surface area (Å²) in [6.45, 7) is 36.0. The predicted molar refractivity (Wildman–Crippen MR) is 398 cm³/mol. The Morgan fingerprint density at radius 3 is 0.955 bits per heavy atom. The number of hydrogen-bond acceptors (Lipinski definition) is 0. The van der Waals surface area contributed by atoms with Crippen LogP contribution in [-0.2, 0) is 40.0 Å². The number of nitrogens with zero attached hydrogens (tertiary/aromatic N) is 4. The molecule has 0 atom stereocenters. The molecule has 0 unspecified atom stereocenters. The number of pyridine rings is 4. The zero-order valence-electron chi connectivity index (χ0n) is 61.7. The van der Waals surface area contributed by atoms with Crippen LogP contribution in [0, 0.1) is 68.2 Å². The Labute approximate surface area is 549 Å². The molecular formula is C80H120Ge4N4+4. The van der Waals surface area contributed by atoms with Crippen LogP contribution in [0.25, 0.3) is 45.0 Å². The summed E-state index contributed by atoms with van der Waals surface area (Å²) in [5, 5.41) is 0. The van der Waals surface area contributed by atoms with Gasteiger partial charge in [0.1, 0.15) is 0 Å². The van der Waals surface area contributed by atoms with E-state index in [0.29, 0.717) is 11.8 Å². The van der Waals surface area contributed by atoms with Crippen molar-refractivity contribution in [1.82, 2.24) is 0 Å². The predicted octanol–water partition coefficient (Wildman–Crippen LogP) is 17.3. The average Bonchev–Trinajstić information content (AvgIpc) is 1.14. The van der Waals surface area contributed by atoms with Crippen molar-refractivity contribution in [3.05, 3.63) is 189 Å². The van der Waals surface area contributed by atoms with Gasteiger partial charge in [0.15, 0.2) is 0 Å². The number of aromatic nitrogens is 4.